The molecule has 0 atom stereocenters. The lowest BCUT2D eigenvalue weighted by atomic mass is 9.99. The van der Waals surface area contributed by atoms with Gasteiger partial charge >= 0.3 is 0 Å². The van der Waals surface area contributed by atoms with Gasteiger partial charge in [0.25, 0.3) is 10.5 Å². The summed E-state index contributed by atoms with van der Waals surface area (Å²) in [5.41, 5.74) is 1.51. The molecule has 0 aromatic heterocycles. The molecule has 86 valence electrons. The van der Waals surface area contributed by atoms with E-state index in [0.29, 0.717) is 17.0 Å². The van der Waals surface area contributed by atoms with Gasteiger partial charge in [-0.15, -0.1) is 0 Å². The smallest absolute Gasteiger partial charge is 0.252 e. The van der Waals surface area contributed by atoms with Crippen molar-refractivity contribution in [1.29, 1.82) is 0 Å². The first-order valence-electron chi connectivity index (χ1n) is 4.93. The van der Waals surface area contributed by atoms with Crippen LogP contribution in [0.15, 0.2) is 18.2 Å². The van der Waals surface area contributed by atoms with Crippen molar-refractivity contribution in [3.05, 3.63) is 34.9 Å². The summed E-state index contributed by atoms with van der Waals surface area (Å²) in [6, 6.07) is 4.80. The molecule has 2 nitrogen and oxygen atoms in total. The third-order valence-corrected chi connectivity index (χ3v) is 2.53. The molecule has 0 amide bonds. The maximum absolute atomic E-state index is 11.1. The van der Waals surface area contributed by atoms with Gasteiger partial charge < -0.3 is 0 Å². The predicted octanol–water partition coefficient (Wildman–Crippen LogP) is 3.64. The third kappa shape index (κ3) is 3.62. The number of rotatable bonds is 4. The Bertz CT molecular complexity index is 393. The van der Waals surface area contributed by atoms with Crippen molar-refractivity contribution in [2.75, 3.05) is 0 Å². The van der Waals surface area contributed by atoms with E-state index in [2.05, 4.69) is 13.8 Å². The molecule has 0 spiro atoms. The number of benzene rings is 1. The second kappa shape index (κ2) is 5.46. The lowest BCUT2D eigenvalue weighted by Gasteiger charge is -2.07. The molecule has 0 aliphatic carbocycles. The van der Waals surface area contributed by atoms with Gasteiger partial charge in [0.1, 0.15) is 0 Å². The number of carbonyl (C=O) groups is 2. The summed E-state index contributed by atoms with van der Waals surface area (Å²) < 4.78 is 0. The summed E-state index contributed by atoms with van der Waals surface area (Å²) in [6.45, 7) is 4.11. The number of halogens is 2. The van der Waals surface area contributed by atoms with Gasteiger partial charge in [0, 0.05) is 11.1 Å². The van der Waals surface area contributed by atoms with Gasteiger partial charge in [-0.2, -0.15) is 0 Å². The van der Waals surface area contributed by atoms with Crippen molar-refractivity contribution in [2.24, 2.45) is 5.92 Å². The van der Waals surface area contributed by atoms with Crippen LogP contribution in [0.3, 0.4) is 0 Å². The van der Waals surface area contributed by atoms with Crippen LogP contribution in [0.1, 0.15) is 40.1 Å². The van der Waals surface area contributed by atoms with Crippen molar-refractivity contribution < 1.29 is 9.59 Å². The summed E-state index contributed by atoms with van der Waals surface area (Å²) in [7, 11) is 0. The van der Waals surface area contributed by atoms with Crippen LogP contribution >= 0.6 is 23.2 Å². The predicted molar refractivity (Wildman–Crippen MR) is 65.4 cm³/mol. The minimum absolute atomic E-state index is 0.309. The Balaban J connectivity index is 3.18. The molecule has 16 heavy (non-hydrogen) atoms. The molecule has 0 fully saturated rings. The molecule has 1 aromatic rings. The van der Waals surface area contributed by atoms with Crippen LogP contribution in [-0.2, 0) is 6.42 Å². The summed E-state index contributed by atoms with van der Waals surface area (Å²) >= 11 is 10.8. The van der Waals surface area contributed by atoms with E-state index < -0.39 is 10.5 Å². The Kier molecular flexibility index (Phi) is 4.51. The van der Waals surface area contributed by atoms with Crippen molar-refractivity contribution in [1.82, 2.24) is 0 Å². The van der Waals surface area contributed by atoms with Crippen LogP contribution in [0, 0.1) is 5.92 Å². The average molecular weight is 259 g/mol. The lowest BCUT2D eigenvalue weighted by molar-refractivity contribution is 0.108. The van der Waals surface area contributed by atoms with E-state index in [1.165, 1.54) is 6.07 Å². The zero-order chi connectivity index (χ0) is 12.3. The minimum atomic E-state index is -0.579. The molecule has 0 aliphatic heterocycles. The molecule has 1 aromatic carbocycles. The molecule has 0 aliphatic rings. The van der Waals surface area contributed by atoms with E-state index in [-0.39, 0.29) is 0 Å². The highest BCUT2D eigenvalue weighted by atomic mass is 35.5. The monoisotopic (exact) mass is 258 g/mol. The third-order valence-electron chi connectivity index (χ3n) is 2.09. The summed E-state index contributed by atoms with van der Waals surface area (Å²) in [5, 5.41) is -1.16. The second-order valence-corrected chi connectivity index (χ2v) is 4.75. The SMILES string of the molecule is CC(C)Cc1cc(C(=O)Cl)cc(C(=O)Cl)c1. The molecule has 0 unspecified atom stereocenters. The molecule has 0 N–H and O–H groups in total. The van der Waals surface area contributed by atoms with Gasteiger partial charge in [-0.1, -0.05) is 13.8 Å². The number of carbonyl (C=O) groups excluding carboxylic acids is 2. The Morgan fingerprint density at radius 2 is 1.50 bits per heavy atom. The largest absolute Gasteiger partial charge is 0.276 e. The Hall–Kier alpha value is -0.860. The van der Waals surface area contributed by atoms with Gasteiger partial charge in [0.05, 0.1) is 0 Å². The first-order valence-corrected chi connectivity index (χ1v) is 5.69. The summed E-state index contributed by atoms with van der Waals surface area (Å²) in [5.74, 6) is 0.430. The zero-order valence-electron chi connectivity index (χ0n) is 9.09. The highest BCUT2D eigenvalue weighted by Gasteiger charge is 2.10. The minimum Gasteiger partial charge on any atom is -0.276 e. The highest BCUT2D eigenvalue weighted by molar-refractivity contribution is 6.69. The first kappa shape index (κ1) is 13.2. The molecule has 0 saturated carbocycles. The van der Waals surface area contributed by atoms with E-state index in [1.54, 1.807) is 12.1 Å². The molecule has 1 rings (SSSR count). The standard InChI is InChI=1S/C12H12Cl2O2/c1-7(2)3-8-4-9(11(13)15)6-10(5-8)12(14)16/h4-7H,3H2,1-2H3. The molecule has 0 bridgehead atoms. The van der Waals surface area contributed by atoms with Crippen LogP contribution in [0.25, 0.3) is 0 Å². The van der Waals surface area contributed by atoms with Crippen LogP contribution in [0.5, 0.6) is 0 Å². The highest BCUT2D eigenvalue weighted by Crippen LogP contribution is 2.17. The maximum Gasteiger partial charge on any atom is 0.252 e. The second-order valence-electron chi connectivity index (χ2n) is 4.06. The number of hydrogen-bond donors (Lipinski definition) is 0. The van der Waals surface area contributed by atoms with Crippen LogP contribution < -0.4 is 0 Å². The van der Waals surface area contributed by atoms with Crippen LogP contribution in [0.2, 0.25) is 0 Å². The van der Waals surface area contributed by atoms with Gasteiger partial charge in [-0.25, -0.2) is 0 Å². The van der Waals surface area contributed by atoms with E-state index in [9.17, 15) is 9.59 Å². The van der Waals surface area contributed by atoms with E-state index >= 15 is 0 Å². The number of hydrogen-bond acceptors (Lipinski definition) is 2. The van der Waals surface area contributed by atoms with Crippen molar-refractivity contribution in [2.45, 2.75) is 20.3 Å². The van der Waals surface area contributed by atoms with Crippen molar-refractivity contribution in [3.8, 4) is 0 Å². The van der Waals surface area contributed by atoms with Gasteiger partial charge in [0.2, 0.25) is 0 Å². The van der Waals surface area contributed by atoms with E-state index in [1.807, 2.05) is 0 Å². The first-order chi connectivity index (χ1) is 7.40. The molecular formula is C12H12Cl2O2. The van der Waals surface area contributed by atoms with Crippen molar-refractivity contribution in [3.63, 3.8) is 0 Å². The molecule has 0 radical (unpaired) electrons. The quantitative estimate of drug-likeness (QED) is 0.773. The normalized spacial score (nSPS) is 10.6. The van der Waals surface area contributed by atoms with Gasteiger partial charge in [0.15, 0.2) is 0 Å². The average Bonchev–Trinajstić information content (AvgIpc) is 2.15. The Morgan fingerprint density at radius 1 is 1.06 bits per heavy atom. The maximum atomic E-state index is 11.1. The van der Waals surface area contributed by atoms with Gasteiger partial charge in [-0.05, 0) is 59.3 Å². The Labute approximate surface area is 105 Å². The molecular weight excluding hydrogens is 247 g/mol. The van der Waals surface area contributed by atoms with E-state index in [4.69, 9.17) is 23.2 Å². The molecule has 0 saturated heterocycles. The topological polar surface area (TPSA) is 34.1 Å². The fourth-order valence-electron chi connectivity index (χ4n) is 1.51. The fraction of sp³-hybridized carbons (Fsp3) is 0.333. The molecule has 4 heteroatoms. The fourth-order valence-corrected chi connectivity index (χ4v) is 1.73. The zero-order valence-corrected chi connectivity index (χ0v) is 10.6. The molecule has 0 heterocycles. The lowest BCUT2D eigenvalue weighted by Crippen LogP contribution is -2.01. The summed E-state index contributed by atoms with van der Waals surface area (Å²) in [6.07, 6.45) is 0.773. The van der Waals surface area contributed by atoms with Crippen LogP contribution in [0.4, 0.5) is 0 Å². The van der Waals surface area contributed by atoms with Crippen molar-refractivity contribution >= 4 is 33.7 Å². The van der Waals surface area contributed by atoms with Crippen LogP contribution in [-0.4, -0.2) is 10.5 Å². The van der Waals surface area contributed by atoms with E-state index in [0.717, 1.165) is 12.0 Å². The Morgan fingerprint density at radius 3 is 1.81 bits per heavy atom. The van der Waals surface area contributed by atoms with Gasteiger partial charge in [-0.3, -0.25) is 9.59 Å². The summed E-state index contributed by atoms with van der Waals surface area (Å²) in [4.78, 5) is 22.1.